The highest BCUT2D eigenvalue weighted by atomic mass is 79.9. The maximum atomic E-state index is 13.0. The largest absolute Gasteiger partial charge is 0.495 e. The van der Waals surface area contributed by atoms with E-state index in [1.54, 1.807) is 24.1 Å². The van der Waals surface area contributed by atoms with Crippen LogP contribution in [0.3, 0.4) is 0 Å². The number of hydrogen-bond acceptors (Lipinski definition) is 4. The third-order valence-corrected chi connectivity index (χ3v) is 4.86. The van der Waals surface area contributed by atoms with Gasteiger partial charge in [-0.2, -0.15) is 5.10 Å². The second kappa shape index (κ2) is 8.00. The predicted molar refractivity (Wildman–Crippen MR) is 98.9 cm³/mol. The monoisotopic (exact) mass is 414 g/mol. The van der Waals surface area contributed by atoms with E-state index in [1.807, 2.05) is 24.4 Å². The Balaban J connectivity index is 0.00000208. The normalized spacial score (nSPS) is 16.1. The molecule has 1 aromatic carbocycles. The van der Waals surface area contributed by atoms with Gasteiger partial charge in [-0.15, -0.1) is 12.4 Å². The molecule has 0 aliphatic carbocycles. The minimum Gasteiger partial charge on any atom is -0.495 e. The Hall–Kier alpha value is -1.57. The average Bonchev–Trinajstić information content (AvgIpc) is 3.12. The molecule has 1 aliphatic rings. The van der Waals surface area contributed by atoms with E-state index in [2.05, 4.69) is 31.7 Å². The highest BCUT2D eigenvalue weighted by Crippen LogP contribution is 2.31. The number of piperidine rings is 1. The van der Waals surface area contributed by atoms with Gasteiger partial charge in [0.25, 0.3) is 5.91 Å². The van der Waals surface area contributed by atoms with Crippen LogP contribution in [0.4, 0.5) is 5.69 Å². The van der Waals surface area contributed by atoms with E-state index in [0.29, 0.717) is 24.3 Å². The van der Waals surface area contributed by atoms with E-state index in [9.17, 15) is 4.79 Å². The van der Waals surface area contributed by atoms with Gasteiger partial charge < -0.3 is 15.4 Å². The van der Waals surface area contributed by atoms with Gasteiger partial charge in [-0.3, -0.25) is 9.48 Å². The smallest absolute Gasteiger partial charge is 0.252 e. The Morgan fingerprint density at radius 3 is 2.79 bits per heavy atom. The van der Waals surface area contributed by atoms with Crippen LogP contribution < -0.4 is 15.4 Å². The van der Waals surface area contributed by atoms with E-state index in [-0.39, 0.29) is 18.3 Å². The van der Waals surface area contributed by atoms with Crippen LogP contribution in [0.1, 0.15) is 12.8 Å². The van der Waals surface area contributed by atoms with Crippen LogP contribution in [0, 0.1) is 0 Å². The molecule has 1 aromatic heterocycles. The van der Waals surface area contributed by atoms with E-state index in [4.69, 9.17) is 4.74 Å². The number of benzene rings is 1. The van der Waals surface area contributed by atoms with Crippen LogP contribution >= 0.6 is 28.3 Å². The SMILES string of the molecule is COc1cc(NC(=O)C2(n3cccn3)CCNCC2)ccc1Br.Cl. The number of nitrogens with one attached hydrogen (secondary N) is 2. The molecule has 0 saturated carbocycles. The molecule has 2 aromatic rings. The predicted octanol–water partition coefficient (Wildman–Crippen LogP) is 2.79. The Morgan fingerprint density at radius 1 is 1.42 bits per heavy atom. The molecular weight excluding hydrogens is 396 g/mol. The molecule has 0 radical (unpaired) electrons. The van der Waals surface area contributed by atoms with E-state index < -0.39 is 5.54 Å². The fourth-order valence-corrected chi connectivity index (χ4v) is 3.32. The number of anilines is 1. The number of halogens is 2. The molecule has 2 heterocycles. The fraction of sp³-hybridized carbons (Fsp3) is 0.375. The Bertz CT molecular complexity index is 687. The van der Waals surface area contributed by atoms with Gasteiger partial charge in [-0.1, -0.05) is 0 Å². The Labute approximate surface area is 155 Å². The van der Waals surface area contributed by atoms with Gasteiger partial charge in [0.05, 0.1) is 11.6 Å². The third-order valence-electron chi connectivity index (χ3n) is 4.21. The molecule has 1 amide bonds. The Kier molecular flexibility index (Phi) is 6.26. The number of rotatable bonds is 4. The summed E-state index contributed by atoms with van der Waals surface area (Å²) in [6.07, 6.45) is 4.97. The summed E-state index contributed by atoms with van der Waals surface area (Å²) in [6, 6.07) is 7.36. The third kappa shape index (κ3) is 3.58. The number of amides is 1. The zero-order chi connectivity index (χ0) is 16.3. The van der Waals surface area contributed by atoms with Crippen LogP contribution in [-0.4, -0.2) is 35.9 Å². The maximum Gasteiger partial charge on any atom is 0.252 e. The first kappa shape index (κ1) is 18.8. The van der Waals surface area contributed by atoms with Crippen LogP contribution in [0.15, 0.2) is 41.1 Å². The van der Waals surface area contributed by atoms with Gasteiger partial charge in [0.2, 0.25) is 0 Å². The second-order valence-electron chi connectivity index (χ2n) is 5.54. The number of methoxy groups -OCH3 is 1. The summed E-state index contributed by atoms with van der Waals surface area (Å²) in [4.78, 5) is 13.0. The molecule has 0 bridgehead atoms. The minimum absolute atomic E-state index is 0. The zero-order valence-corrected chi connectivity index (χ0v) is 15.7. The van der Waals surface area contributed by atoms with Crippen molar-refractivity contribution in [1.29, 1.82) is 0 Å². The molecule has 24 heavy (non-hydrogen) atoms. The van der Waals surface area contributed by atoms with Crippen molar-refractivity contribution in [2.24, 2.45) is 0 Å². The van der Waals surface area contributed by atoms with E-state index in [1.165, 1.54) is 0 Å². The van der Waals surface area contributed by atoms with Crippen molar-refractivity contribution in [1.82, 2.24) is 15.1 Å². The highest BCUT2D eigenvalue weighted by Gasteiger charge is 2.42. The van der Waals surface area contributed by atoms with Crippen LogP contribution in [0.5, 0.6) is 5.75 Å². The first-order valence-electron chi connectivity index (χ1n) is 7.51. The lowest BCUT2D eigenvalue weighted by Crippen LogP contribution is -2.52. The first-order chi connectivity index (χ1) is 11.2. The molecule has 0 spiro atoms. The molecule has 1 saturated heterocycles. The zero-order valence-electron chi connectivity index (χ0n) is 13.3. The lowest BCUT2D eigenvalue weighted by Gasteiger charge is -2.36. The van der Waals surface area contributed by atoms with Crippen molar-refractivity contribution in [3.8, 4) is 5.75 Å². The van der Waals surface area contributed by atoms with E-state index in [0.717, 1.165) is 17.6 Å². The summed E-state index contributed by atoms with van der Waals surface area (Å²) in [5.74, 6) is 0.633. The molecule has 1 fully saturated rings. The van der Waals surface area contributed by atoms with Crippen molar-refractivity contribution in [3.63, 3.8) is 0 Å². The van der Waals surface area contributed by atoms with Crippen LogP contribution in [-0.2, 0) is 10.3 Å². The van der Waals surface area contributed by atoms with Gasteiger partial charge in [0, 0.05) is 24.1 Å². The number of hydrogen-bond donors (Lipinski definition) is 2. The lowest BCUT2D eigenvalue weighted by atomic mass is 9.87. The number of carbonyl (C=O) groups is 1. The number of nitrogens with zero attached hydrogens (tertiary/aromatic N) is 2. The van der Waals surface area contributed by atoms with Crippen molar-refractivity contribution in [2.75, 3.05) is 25.5 Å². The summed E-state index contributed by atoms with van der Waals surface area (Å²) >= 11 is 3.42. The number of ether oxygens (including phenoxy) is 1. The summed E-state index contributed by atoms with van der Waals surface area (Å²) in [7, 11) is 1.60. The summed E-state index contributed by atoms with van der Waals surface area (Å²) < 4.78 is 7.91. The van der Waals surface area contributed by atoms with Crippen LogP contribution in [0.25, 0.3) is 0 Å². The quantitative estimate of drug-likeness (QED) is 0.806. The summed E-state index contributed by atoms with van der Waals surface area (Å²) in [5.41, 5.74) is 0.0508. The first-order valence-corrected chi connectivity index (χ1v) is 8.31. The number of carbonyl (C=O) groups excluding carboxylic acids is 1. The van der Waals surface area contributed by atoms with Gasteiger partial charge in [0.1, 0.15) is 11.3 Å². The van der Waals surface area contributed by atoms with Gasteiger partial charge >= 0.3 is 0 Å². The maximum absolute atomic E-state index is 13.0. The minimum atomic E-state index is -0.658. The number of aromatic nitrogens is 2. The molecule has 6 nitrogen and oxygen atoms in total. The fourth-order valence-electron chi connectivity index (χ4n) is 2.91. The molecular formula is C16H20BrClN4O2. The summed E-state index contributed by atoms with van der Waals surface area (Å²) in [5, 5.41) is 10.6. The van der Waals surface area contributed by atoms with Crippen molar-refractivity contribution < 1.29 is 9.53 Å². The van der Waals surface area contributed by atoms with Crippen molar-refractivity contribution in [3.05, 3.63) is 41.1 Å². The Morgan fingerprint density at radius 2 is 2.17 bits per heavy atom. The highest BCUT2D eigenvalue weighted by molar-refractivity contribution is 9.10. The molecule has 130 valence electrons. The van der Waals surface area contributed by atoms with Gasteiger partial charge in [-0.05, 0) is 60.1 Å². The molecule has 0 atom stereocenters. The topological polar surface area (TPSA) is 68.2 Å². The van der Waals surface area contributed by atoms with Crippen LogP contribution in [0.2, 0.25) is 0 Å². The van der Waals surface area contributed by atoms with Crippen molar-refractivity contribution in [2.45, 2.75) is 18.4 Å². The van der Waals surface area contributed by atoms with Gasteiger partial charge in [0.15, 0.2) is 0 Å². The van der Waals surface area contributed by atoms with E-state index >= 15 is 0 Å². The standard InChI is InChI=1S/C16H19BrN4O2.ClH/c1-23-14-11-12(3-4-13(14)17)20-15(22)16(5-8-18-9-6-16)21-10-2-7-19-21;/h2-4,7,10-11,18H,5-6,8-9H2,1H3,(H,20,22);1H. The molecule has 3 rings (SSSR count). The van der Waals surface area contributed by atoms with Crippen molar-refractivity contribution >= 4 is 39.9 Å². The molecule has 0 unspecified atom stereocenters. The molecule has 8 heteroatoms. The molecule has 2 N–H and O–H groups in total. The summed E-state index contributed by atoms with van der Waals surface area (Å²) in [6.45, 7) is 1.58. The average molecular weight is 416 g/mol. The van der Waals surface area contributed by atoms with Gasteiger partial charge in [-0.25, -0.2) is 0 Å². The second-order valence-corrected chi connectivity index (χ2v) is 6.39. The molecule has 1 aliphatic heterocycles. The lowest BCUT2D eigenvalue weighted by molar-refractivity contribution is -0.126.